The number of benzene rings is 1. The topological polar surface area (TPSA) is 89.3 Å². The van der Waals surface area contributed by atoms with Gasteiger partial charge >= 0.3 is 0 Å². The molecule has 0 bridgehead atoms. The highest BCUT2D eigenvalue weighted by Crippen LogP contribution is 2.18. The van der Waals surface area contributed by atoms with Gasteiger partial charge in [0, 0.05) is 23.6 Å². The first-order chi connectivity index (χ1) is 8.34. The monoisotopic (exact) mass is 286 g/mol. The molecule has 0 radical (unpaired) electrons. The lowest BCUT2D eigenvalue weighted by molar-refractivity contribution is 0.0954. The molecule has 1 aromatic rings. The Labute approximate surface area is 110 Å². The Kier molecular flexibility index (Phi) is 4.73. The Morgan fingerprint density at radius 1 is 1.44 bits per heavy atom. The first-order valence-electron chi connectivity index (χ1n) is 4.89. The second-order valence-electron chi connectivity index (χ2n) is 3.43. The predicted octanol–water partition coefficient (Wildman–Crippen LogP) is 0.741. The molecule has 0 saturated carbocycles. The van der Waals surface area contributed by atoms with Crippen LogP contribution in [0.15, 0.2) is 23.1 Å². The number of hydrogen-bond donors (Lipinski definition) is 2. The minimum absolute atomic E-state index is 0.114. The Morgan fingerprint density at radius 3 is 2.67 bits per heavy atom. The van der Waals surface area contributed by atoms with E-state index in [9.17, 15) is 13.2 Å². The summed E-state index contributed by atoms with van der Waals surface area (Å²) >= 11 is 5.73. The maximum Gasteiger partial charge on any atom is 0.251 e. The van der Waals surface area contributed by atoms with Crippen LogP contribution in [0.25, 0.3) is 0 Å². The lowest BCUT2D eigenvalue weighted by atomic mass is 10.2. The van der Waals surface area contributed by atoms with Crippen molar-refractivity contribution in [2.24, 2.45) is 5.14 Å². The molecule has 18 heavy (non-hydrogen) atoms. The average molecular weight is 287 g/mol. The van der Waals surface area contributed by atoms with Gasteiger partial charge in [0.05, 0.1) is 4.90 Å². The summed E-state index contributed by atoms with van der Waals surface area (Å²) in [5.41, 5.74) is 0.114. The highest BCUT2D eigenvalue weighted by atomic mass is 35.5. The molecule has 3 N–H and O–H groups in total. The van der Waals surface area contributed by atoms with Crippen LogP contribution in [0.4, 0.5) is 0 Å². The lowest BCUT2D eigenvalue weighted by Gasteiger charge is -2.06. The molecule has 5 nitrogen and oxygen atoms in total. The van der Waals surface area contributed by atoms with Crippen LogP contribution < -0.4 is 10.5 Å². The van der Waals surface area contributed by atoms with E-state index >= 15 is 0 Å². The molecule has 0 heterocycles. The van der Waals surface area contributed by atoms with E-state index in [1.165, 1.54) is 12.1 Å². The quantitative estimate of drug-likeness (QED) is 0.632. The summed E-state index contributed by atoms with van der Waals surface area (Å²) in [7, 11) is -3.90. The molecule has 0 fully saturated rings. The molecule has 1 aromatic carbocycles. The number of halogens is 1. The van der Waals surface area contributed by atoms with Gasteiger partial charge in [-0.3, -0.25) is 4.79 Å². The third kappa shape index (κ3) is 4.04. The van der Waals surface area contributed by atoms with Crippen LogP contribution in [-0.4, -0.2) is 20.9 Å². The SMILES string of the molecule is C#CCCNC(=O)c1cc(Cl)cc(S(N)(=O)=O)c1. The van der Waals surface area contributed by atoms with Crippen molar-refractivity contribution in [3.63, 3.8) is 0 Å². The van der Waals surface area contributed by atoms with Crippen molar-refractivity contribution in [1.82, 2.24) is 5.32 Å². The molecule has 0 saturated heterocycles. The molecule has 0 aliphatic heterocycles. The number of amides is 1. The molecule has 96 valence electrons. The van der Waals surface area contributed by atoms with Crippen LogP contribution in [0.2, 0.25) is 5.02 Å². The molecule has 0 atom stereocenters. The van der Waals surface area contributed by atoms with E-state index < -0.39 is 15.9 Å². The molecular formula is C11H11ClN2O3S. The summed E-state index contributed by atoms with van der Waals surface area (Å²) in [4.78, 5) is 11.5. The van der Waals surface area contributed by atoms with E-state index in [2.05, 4.69) is 11.2 Å². The molecule has 0 aliphatic carbocycles. The van der Waals surface area contributed by atoms with Crippen molar-refractivity contribution in [2.75, 3.05) is 6.54 Å². The van der Waals surface area contributed by atoms with Crippen molar-refractivity contribution in [1.29, 1.82) is 0 Å². The molecule has 0 spiro atoms. The average Bonchev–Trinajstić information content (AvgIpc) is 2.27. The first kappa shape index (κ1) is 14.5. The van der Waals surface area contributed by atoms with Crippen LogP contribution in [0.1, 0.15) is 16.8 Å². The van der Waals surface area contributed by atoms with Crippen LogP contribution in [-0.2, 0) is 10.0 Å². The molecule has 1 rings (SSSR count). The largest absolute Gasteiger partial charge is 0.351 e. The second-order valence-corrected chi connectivity index (χ2v) is 5.43. The number of carbonyl (C=O) groups is 1. The fourth-order valence-corrected chi connectivity index (χ4v) is 2.09. The van der Waals surface area contributed by atoms with Crippen molar-refractivity contribution >= 4 is 27.5 Å². The molecule has 0 aromatic heterocycles. The normalized spacial score (nSPS) is 10.7. The van der Waals surface area contributed by atoms with Gasteiger partial charge in [0.25, 0.3) is 5.91 Å². The minimum atomic E-state index is -3.90. The zero-order valence-electron chi connectivity index (χ0n) is 9.31. The van der Waals surface area contributed by atoms with Crippen molar-refractivity contribution in [3.8, 4) is 12.3 Å². The lowest BCUT2D eigenvalue weighted by Crippen LogP contribution is -2.24. The van der Waals surface area contributed by atoms with E-state index in [0.29, 0.717) is 13.0 Å². The predicted molar refractivity (Wildman–Crippen MR) is 68.6 cm³/mol. The van der Waals surface area contributed by atoms with Gasteiger partial charge in [0.1, 0.15) is 0 Å². The molecule has 0 unspecified atom stereocenters. The van der Waals surface area contributed by atoms with Gasteiger partial charge in [-0.05, 0) is 18.2 Å². The maximum atomic E-state index is 11.7. The third-order valence-corrected chi connectivity index (χ3v) is 3.13. The Balaban J connectivity index is 3.01. The first-order valence-corrected chi connectivity index (χ1v) is 6.82. The number of hydrogen-bond acceptors (Lipinski definition) is 3. The zero-order valence-corrected chi connectivity index (χ0v) is 10.9. The molecule has 0 aliphatic rings. The number of rotatable bonds is 4. The van der Waals surface area contributed by atoms with Gasteiger partial charge in [-0.15, -0.1) is 12.3 Å². The van der Waals surface area contributed by atoms with E-state index in [0.717, 1.165) is 6.07 Å². The van der Waals surface area contributed by atoms with Crippen LogP contribution in [0, 0.1) is 12.3 Å². The highest BCUT2D eigenvalue weighted by Gasteiger charge is 2.13. The number of nitrogens with one attached hydrogen (secondary N) is 1. The maximum absolute atomic E-state index is 11.7. The summed E-state index contributed by atoms with van der Waals surface area (Å²) in [6, 6.07) is 3.68. The van der Waals surface area contributed by atoms with Gasteiger partial charge in [0.2, 0.25) is 10.0 Å². The summed E-state index contributed by atoms with van der Waals surface area (Å²) in [5, 5.41) is 7.62. The van der Waals surface area contributed by atoms with E-state index in [-0.39, 0.29) is 15.5 Å². The van der Waals surface area contributed by atoms with Crippen molar-refractivity contribution < 1.29 is 13.2 Å². The van der Waals surface area contributed by atoms with E-state index in [1.54, 1.807) is 0 Å². The number of primary sulfonamides is 1. The Bertz CT molecular complexity index is 605. The van der Waals surface area contributed by atoms with Gasteiger partial charge in [-0.2, -0.15) is 0 Å². The molecule has 1 amide bonds. The summed E-state index contributed by atoms with van der Waals surface area (Å²) in [5.74, 6) is 1.90. The molecule has 7 heteroatoms. The Morgan fingerprint density at radius 2 is 2.11 bits per heavy atom. The van der Waals surface area contributed by atoms with Gasteiger partial charge in [0.15, 0.2) is 0 Å². The van der Waals surface area contributed by atoms with Gasteiger partial charge < -0.3 is 5.32 Å². The molecular weight excluding hydrogens is 276 g/mol. The number of sulfonamides is 1. The number of carbonyl (C=O) groups excluding carboxylic acids is 1. The van der Waals surface area contributed by atoms with Crippen LogP contribution in [0.3, 0.4) is 0 Å². The van der Waals surface area contributed by atoms with Crippen molar-refractivity contribution in [2.45, 2.75) is 11.3 Å². The second kappa shape index (κ2) is 5.87. The smallest absolute Gasteiger partial charge is 0.251 e. The van der Waals surface area contributed by atoms with E-state index in [1.807, 2.05) is 0 Å². The van der Waals surface area contributed by atoms with E-state index in [4.69, 9.17) is 23.2 Å². The van der Waals surface area contributed by atoms with Gasteiger partial charge in [-0.1, -0.05) is 11.6 Å². The van der Waals surface area contributed by atoms with Crippen molar-refractivity contribution in [3.05, 3.63) is 28.8 Å². The summed E-state index contributed by atoms with van der Waals surface area (Å²) in [6.07, 6.45) is 5.42. The van der Waals surface area contributed by atoms with Crippen LogP contribution in [0.5, 0.6) is 0 Å². The Hall–Kier alpha value is -1.55. The summed E-state index contributed by atoms with van der Waals surface area (Å²) < 4.78 is 22.4. The van der Waals surface area contributed by atoms with Crippen LogP contribution >= 0.6 is 11.6 Å². The number of terminal acetylenes is 1. The fraction of sp³-hybridized carbons (Fsp3) is 0.182. The number of nitrogens with two attached hydrogens (primary N) is 1. The standard InChI is InChI=1S/C11H11ClN2O3S/c1-2-3-4-14-11(15)8-5-9(12)7-10(6-8)18(13,16)17/h1,5-7H,3-4H2,(H,14,15)(H2,13,16,17). The zero-order chi connectivity index (χ0) is 13.8. The third-order valence-electron chi connectivity index (χ3n) is 2.02. The fourth-order valence-electron chi connectivity index (χ4n) is 1.21. The minimum Gasteiger partial charge on any atom is -0.351 e. The summed E-state index contributed by atoms with van der Waals surface area (Å²) in [6.45, 7) is 0.298. The van der Waals surface area contributed by atoms with Gasteiger partial charge in [-0.25, -0.2) is 13.6 Å². The highest BCUT2D eigenvalue weighted by molar-refractivity contribution is 7.89.